The van der Waals surface area contributed by atoms with E-state index in [-0.39, 0.29) is 30.0 Å². The van der Waals surface area contributed by atoms with Crippen LogP contribution in [0.25, 0.3) is 11.2 Å². The second-order valence-electron chi connectivity index (χ2n) is 7.47. The van der Waals surface area contributed by atoms with Crippen molar-refractivity contribution in [3.05, 3.63) is 55.2 Å². The quantitative estimate of drug-likeness (QED) is 0.312. The summed E-state index contributed by atoms with van der Waals surface area (Å²) in [4.78, 5) is 43.7. The molecule has 32 heavy (non-hydrogen) atoms. The number of aryl methyl sites for hydroxylation is 1. The second-order valence-corrected chi connectivity index (χ2v) is 7.47. The standard InChI is InChI=1S/C19H23N7O6/c1-23-16-15(17(28)22-19(23)29)25(18(21-16)24-8-6-20-7-9-24)10-13(27)11-32-14-4-2-12(3-5-14)26(30)31/h2-5,13,20,27H,6-11H2,1H3,(H,22,28,29). The maximum Gasteiger partial charge on any atom is 0.329 e. The lowest BCUT2D eigenvalue weighted by Crippen LogP contribution is -2.45. The molecule has 1 aromatic carbocycles. The first-order chi connectivity index (χ1) is 15.3. The molecule has 3 aromatic rings. The first kappa shape index (κ1) is 21.5. The number of imidazole rings is 1. The number of fused-ring (bicyclic) bond motifs is 1. The van der Waals surface area contributed by atoms with Gasteiger partial charge in [-0.1, -0.05) is 0 Å². The molecule has 2 aromatic heterocycles. The van der Waals surface area contributed by atoms with E-state index in [4.69, 9.17) is 4.74 Å². The van der Waals surface area contributed by atoms with Crippen LogP contribution in [0.5, 0.6) is 5.75 Å². The average Bonchev–Trinajstić information content (AvgIpc) is 3.17. The molecule has 1 atom stereocenters. The summed E-state index contributed by atoms with van der Waals surface area (Å²) in [6, 6.07) is 5.52. The Bertz CT molecular complexity index is 1240. The lowest BCUT2D eigenvalue weighted by Gasteiger charge is -2.29. The van der Waals surface area contributed by atoms with Crippen LogP contribution in [0.3, 0.4) is 0 Å². The Morgan fingerprint density at radius 2 is 1.94 bits per heavy atom. The van der Waals surface area contributed by atoms with Crippen molar-refractivity contribution in [2.45, 2.75) is 12.6 Å². The number of rotatable bonds is 7. The number of aliphatic hydroxyl groups excluding tert-OH is 1. The van der Waals surface area contributed by atoms with Crippen molar-refractivity contribution < 1.29 is 14.8 Å². The SMILES string of the molecule is Cn1c(=O)[nH]c(=O)c2c1nc(N1CCNCC1)n2CC(O)COc1ccc([N+](=O)[O-])cc1. The van der Waals surface area contributed by atoms with Crippen LogP contribution < -0.4 is 26.2 Å². The van der Waals surface area contributed by atoms with E-state index in [1.54, 1.807) is 4.57 Å². The zero-order chi connectivity index (χ0) is 22.8. The molecule has 0 spiro atoms. The summed E-state index contributed by atoms with van der Waals surface area (Å²) in [5, 5.41) is 24.6. The molecule has 0 amide bonds. The van der Waals surface area contributed by atoms with Crippen molar-refractivity contribution in [2.75, 3.05) is 37.7 Å². The third-order valence-electron chi connectivity index (χ3n) is 5.27. The normalized spacial score (nSPS) is 15.1. The van der Waals surface area contributed by atoms with Gasteiger partial charge < -0.3 is 24.6 Å². The number of aromatic nitrogens is 4. The fourth-order valence-electron chi connectivity index (χ4n) is 3.62. The fraction of sp³-hybridized carbons (Fsp3) is 0.421. The third-order valence-corrected chi connectivity index (χ3v) is 5.27. The van der Waals surface area contributed by atoms with Gasteiger partial charge in [0.05, 0.1) is 11.5 Å². The maximum atomic E-state index is 12.6. The zero-order valence-corrected chi connectivity index (χ0v) is 17.4. The number of anilines is 1. The average molecular weight is 445 g/mol. The van der Waals surface area contributed by atoms with Gasteiger partial charge in [0.15, 0.2) is 11.2 Å². The number of nitro groups is 1. The highest BCUT2D eigenvalue weighted by atomic mass is 16.6. The van der Waals surface area contributed by atoms with E-state index in [0.717, 1.165) is 13.1 Å². The second kappa shape index (κ2) is 8.80. The molecule has 4 rings (SSSR count). The molecule has 1 aliphatic rings. The molecule has 13 heteroatoms. The van der Waals surface area contributed by atoms with Crippen LogP contribution in [0.1, 0.15) is 0 Å². The summed E-state index contributed by atoms with van der Waals surface area (Å²) in [6.45, 7) is 2.69. The molecule has 1 aliphatic heterocycles. The maximum absolute atomic E-state index is 12.6. The molecule has 0 bridgehead atoms. The molecule has 0 radical (unpaired) electrons. The minimum absolute atomic E-state index is 0.00400. The number of aromatic amines is 1. The topological polar surface area (TPSA) is 161 Å². The summed E-state index contributed by atoms with van der Waals surface area (Å²) < 4.78 is 8.41. The number of piperazine rings is 1. The largest absolute Gasteiger partial charge is 0.491 e. The Kier molecular flexibility index (Phi) is 5.92. The number of H-pyrrole nitrogens is 1. The van der Waals surface area contributed by atoms with E-state index in [9.17, 15) is 24.8 Å². The number of benzene rings is 1. The summed E-state index contributed by atoms with van der Waals surface area (Å²) >= 11 is 0. The minimum Gasteiger partial charge on any atom is -0.491 e. The number of hydrogen-bond donors (Lipinski definition) is 3. The van der Waals surface area contributed by atoms with Gasteiger partial charge in [-0.05, 0) is 12.1 Å². The molecule has 3 N–H and O–H groups in total. The van der Waals surface area contributed by atoms with Gasteiger partial charge in [0.1, 0.15) is 18.5 Å². The number of aliphatic hydroxyl groups is 1. The number of non-ortho nitro benzene ring substituents is 1. The van der Waals surface area contributed by atoms with E-state index in [2.05, 4.69) is 15.3 Å². The number of nitrogens with one attached hydrogen (secondary N) is 2. The van der Waals surface area contributed by atoms with Crippen LogP contribution >= 0.6 is 0 Å². The summed E-state index contributed by atoms with van der Waals surface area (Å²) in [6.07, 6.45) is -1.01. The van der Waals surface area contributed by atoms with Crippen molar-refractivity contribution >= 4 is 22.8 Å². The predicted octanol–water partition coefficient (Wildman–Crippen LogP) is -0.819. The Balaban J connectivity index is 1.60. The molecule has 3 heterocycles. The molecule has 170 valence electrons. The number of hydrogen-bond acceptors (Lipinski definition) is 9. The van der Waals surface area contributed by atoms with Gasteiger partial charge in [0.25, 0.3) is 11.2 Å². The first-order valence-corrected chi connectivity index (χ1v) is 10.1. The van der Waals surface area contributed by atoms with Gasteiger partial charge in [-0.15, -0.1) is 0 Å². The van der Waals surface area contributed by atoms with Gasteiger partial charge in [-0.25, -0.2) is 4.79 Å². The van der Waals surface area contributed by atoms with E-state index >= 15 is 0 Å². The van der Waals surface area contributed by atoms with E-state index in [1.807, 2.05) is 4.90 Å². The summed E-state index contributed by atoms with van der Waals surface area (Å²) in [5.74, 6) is 0.857. The number of nitrogens with zero attached hydrogens (tertiary/aromatic N) is 5. The minimum atomic E-state index is -1.01. The van der Waals surface area contributed by atoms with Crippen molar-refractivity contribution in [3.63, 3.8) is 0 Å². The molecule has 1 fully saturated rings. The molecule has 0 aliphatic carbocycles. The first-order valence-electron chi connectivity index (χ1n) is 10.1. The van der Waals surface area contributed by atoms with Gasteiger partial charge in [-0.3, -0.25) is 24.5 Å². The Labute approximate surface area is 181 Å². The van der Waals surface area contributed by atoms with Crippen LogP contribution in [0.15, 0.2) is 33.9 Å². The molecule has 1 unspecified atom stereocenters. The number of nitro benzene ring substituents is 1. The van der Waals surface area contributed by atoms with Gasteiger partial charge in [0.2, 0.25) is 5.95 Å². The van der Waals surface area contributed by atoms with Crippen molar-refractivity contribution in [1.29, 1.82) is 0 Å². The van der Waals surface area contributed by atoms with Gasteiger partial charge in [-0.2, -0.15) is 4.98 Å². The molecule has 0 saturated carbocycles. The highest BCUT2D eigenvalue weighted by molar-refractivity contribution is 5.74. The van der Waals surface area contributed by atoms with Crippen LogP contribution in [0.2, 0.25) is 0 Å². The lowest BCUT2D eigenvalue weighted by molar-refractivity contribution is -0.384. The highest BCUT2D eigenvalue weighted by Crippen LogP contribution is 2.21. The van der Waals surface area contributed by atoms with Crippen LogP contribution in [-0.2, 0) is 13.6 Å². The van der Waals surface area contributed by atoms with Gasteiger partial charge >= 0.3 is 5.69 Å². The smallest absolute Gasteiger partial charge is 0.329 e. The summed E-state index contributed by atoms with van der Waals surface area (Å²) in [7, 11) is 1.52. The van der Waals surface area contributed by atoms with Crippen molar-refractivity contribution in [1.82, 2.24) is 24.4 Å². The fourth-order valence-corrected chi connectivity index (χ4v) is 3.62. The third kappa shape index (κ3) is 4.20. The number of ether oxygens (including phenoxy) is 1. The van der Waals surface area contributed by atoms with Crippen LogP contribution in [-0.4, -0.2) is 68.0 Å². The predicted molar refractivity (Wildman–Crippen MR) is 115 cm³/mol. The molecule has 13 nitrogen and oxygen atoms in total. The van der Waals surface area contributed by atoms with Crippen LogP contribution in [0, 0.1) is 10.1 Å². The lowest BCUT2D eigenvalue weighted by atomic mass is 10.3. The molecular formula is C19H23N7O6. The van der Waals surface area contributed by atoms with E-state index in [1.165, 1.54) is 35.9 Å². The van der Waals surface area contributed by atoms with Crippen molar-refractivity contribution in [2.24, 2.45) is 7.05 Å². The van der Waals surface area contributed by atoms with Crippen LogP contribution in [0.4, 0.5) is 11.6 Å². The van der Waals surface area contributed by atoms with Gasteiger partial charge in [0, 0.05) is 45.4 Å². The van der Waals surface area contributed by atoms with E-state index in [0.29, 0.717) is 24.8 Å². The van der Waals surface area contributed by atoms with Crippen molar-refractivity contribution in [3.8, 4) is 5.75 Å². The highest BCUT2D eigenvalue weighted by Gasteiger charge is 2.24. The monoisotopic (exact) mass is 445 g/mol. The Morgan fingerprint density at radius 1 is 1.25 bits per heavy atom. The zero-order valence-electron chi connectivity index (χ0n) is 17.4. The molecular weight excluding hydrogens is 422 g/mol. The molecule has 1 saturated heterocycles. The summed E-state index contributed by atoms with van der Waals surface area (Å²) in [5.41, 5.74) is -0.791. The van der Waals surface area contributed by atoms with E-state index < -0.39 is 22.3 Å². The Hall–Kier alpha value is -3.71. The Morgan fingerprint density at radius 3 is 2.59 bits per heavy atom.